The number of likely N-dealkylation sites (N-methyl/N-ethyl adjacent to an activating group) is 1. The zero-order valence-electron chi connectivity index (χ0n) is 14.3. The van der Waals surface area contributed by atoms with Crippen LogP contribution in [0.5, 0.6) is 0 Å². The van der Waals surface area contributed by atoms with Crippen LogP contribution in [-0.4, -0.2) is 73.0 Å². The van der Waals surface area contributed by atoms with Crippen molar-refractivity contribution in [2.24, 2.45) is 11.8 Å². The first-order valence-corrected chi connectivity index (χ1v) is 9.47. The molecule has 2 heterocycles. The molecule has 2 aliphatic heterocycles. The summed E-state index contributed by atoms with van der Waals surface area (Å²) in [5.41, 5.74) is 0. The van der Waals surface area contributed by atoms with Gasteiger partial charge < -0.3 is 14.7 Å². The first-order valence-electron chi connectivity index (χ1n) is 9.47. The van der Waals surface area contributed by atoms with Crippen molar-refractivity contribution in [3.8, 4) is 0 Å². The summed E-state index contributed by atoms with van der Waals surface area (Å²) in [5, 5.41) is 0. The van der Waals surface area contributed by atoms with Crippen molar-refractivity contribution in [1.29, 1.82) is 0 Å². The topological polar surface area (TPSA) is 26.8 Å². The van der Waals surface area contributed by atoms with Gasteiger partial charge in [0.1, 0.15) is 0 Å². The quantitative estimate of drug-likeness (QED) is 0.751. The fourth-order valence-electron chi connectivity index (χ4n) is 4.19. The van der Waals surface area contributed by atoms with Crippen LogP contribution in [0.15, 0.2) is 0 Å². The minimum absolute atomic E-state index is 0.397. The Kier molecular flexibility index (Phi) is 5.75. The summed E-state index contributed by atoms with van der Waals surface area (Å²) < 4.78 is 0. The third-order valence-corrected chi connectivity index (χ3v) is 6.08. The molecule has 0 N–H and O–H groups in total. The van der Waals surface area contributed by atoms with Gasteiger partial charge in [-0.1, -0.05) is 26.2 Å². The van der Waals surface area contributed by atoms with Gasteiger partial charge in [-0.2, -0.15) is 0 Å². The molecule has 1 atom stereocenters. The molecule has 4 heteroatoms. The first kappa shape index (κ1) is 16.3. The number of amides is 1. The molecular formula is C18H33N3O. The lowest BCUT2D eigenvalue weighted by Gasteiger charge is -2.34. The fraction of sp³-hybridized carbons (Fsp3) is 0.944. The van der Waals surface area contributed by atoms with E-state index in [2.05, 4.69) is 21.6 Å². The van der Waals surface area contributed by atoms with Crippen molar-refractivity contribution in [3.05, 3.63) is 0 Å². The second-order valence-electron chi connectivity index (χ2n) is 7.55. The molecule has 0 aromatic carbocycles. The van der Waals surface area contributed by atoms with E-state index < -0.39 is 0 Å². The van der Waals surface area contributed by atoms with Crippen LogP contribution < -0.4 is 0 Å². The monoisotopic (exact) mass is 307 g/mol. The van der Waals surface area contributed by atoms with E-state index >= 15 is 0 Å². The Bertz CT molecular complexity index is 361. The van der Waals surface area contributed by atoms with E-state index in [9.17, 15) is 4.79 Å². The Hall–Kier alpha value is -0.610. The van der Waals surface area contributed by atoms with Crippen molar-refractivity contribution in [2.75, 3.05) is 52.4 Å². The lowest BCUT2D eigenvalue weighted by molar-refractivity contribution is -0.130. The predicted molar refractivity (Wildman–Crippen MR) is 89.8 cm³/mol. The Morgan fingerprint density at radius 3 is 2.32 bits per heavy atom. The average Bonchev–Trinajstić information content (AvgIpc) is 2.98. The van der Waals surface area contributed by atoms with Crippen LogP contribution in [0.2, 0.25) is 0 Å². The van der Waals surface area contributed by atoms with E-state index in [-0.39, 0.29) is 0 Å². The summed E-state index contributed by atoms with van der Waals surface area (Å²) in [4.78, 5) is 19.5. The maximum absolute atomic E-state index is 12.4. The first-order chi connectivity index (χ1) is 10.7. The standard InChI is InChI=1S/C18H33N3O/c1-2-19-10-12-20(13-11-19)8-7-18(22)21-9-6-17(15-21)14-16-4-3-5-16/h16-17H,2-15H2,1H3. The molecule has 0 bridgehead atoms. The van der Waals surface area contributed by atoms with Crippen molar-refractivity contribution >= 4 is 5.91 Å². The van der Waals surface area contributed by atoms with E-state index in [1.807, 2.05) is 0 Å². The van der Waals surface area contributed by atoms with Crippen LogP contribution in [0, 0.1) is 11.8 Å². The third kappa shape index (κ3) is 4.23. The van der Waals surface area contributed by atoms with Crippen LogP contribution in [0.4, 0.5) is 0 Å². The van der Waals surface area contributed by atoms with Crippen LogP contribution in [0.25, 0.3) is 0 Å². The van der Waals surface area contributed by atoms with Gasteiger partial charge in [0.2, 0.25) is 5.91 Å². The van der Waals surface area contributed by atoms with Crippen molar-refractivity contribution in [3.63, 3.8) is 0 Å². The number of rotatable bonds is 6. The largest absolute Gasteiger partial charge is 0.342 e. The zero-order chi connectivity index (χ0) is 15.4. The number of carbonyl (C=O) groups excluding carboxylic acids is 1. The highest BCUT2D eigenvalue weighted by Crippen LogP contribution is 2.35. The predicted octanol–water partition coefficient (Wildman–Crippen LogP) is 2.05. The van der Waals surface area contributed by atoms with E-state index in [0.29, 0.717) is 5.91 Å². The number of hydrogen-bond acceptors (Lipinski definition) is 3. The van der Waals surface area contributed by atoms with Crippen LogP contribution in [0.1, 0.15) is 45.4 Å². The second kappa shape index (κ2) is 7.78. The SMILES string of the molecule is CCN1CCN(CCC(=O)N2CCC(CC3CCC3)C2)CC1. The molecular weight excluding hydrogens is 274 g/mol. The maximum atomic E-state index is 12.4. The molecule has 1 aliphatic carbocycles. The smallest absolute Gasteiger partial charge is 0.223 e. The van der Waals surface area contributed by atoms with Gasteiger partial charge in [-0.05, 0) is 31.2 Å². The molecule has 3 aliphatic rings. The molecule has 22 heavy (non-hydrogen) atoms. The summed E-state index contributed by atoms with van der Waals surface area (Å²) in [5.74, 6) is 2.17. The Balaban J connectivity index is 1.32. The summed E-state index contributed by atoms with van der Waals surface area (Å²) in [6.07, 6.45) is 7.66. The Labute approximate surface area is 135 Å². The van der Waals surface area contributed by atoms with E-state index in [1.54, 1.807) is 0 Å². The molecule has 2 saturated heterocycles. The van der Waals surface area contributed by atoms with Gasteiger partial charge in [0.05, 0.1) is 0 Å². The molecule has 3 fully saturated rings. The van der Waals surface area contributed by atoms with Gasteiger partial charge in [0.25, 0.3) is 0 Å². The molecule has 0 spiro atoms. The van der Waals surface area contributed by atoms with Crippen molar-refractivity contribution in [1.82, 2.24) is 14.7 Å². The summed E-state index contributed by atoms with van der Waals surface area (Å²) >= 11 is 0. The number of likely N-dealkylation sites (tertiary alicyclic amines) is 1. The summed E-state index contributed by atoms with van der Waals surface area (Å²) in [7, 11) is 0. The lowest BCUT2D eigenvalue weighted by atomic mass is 9.79. The molecule has 0 aromatic heterocycles. The minimum atomic E-state index is 0.397. The summed E-state index contributed by atoms with van der Waals surface area (Å²) in [6.45, 7) is 11.0. The molecule has 4 nitrogen and oxygen atoms in total. The molecule has 126 valence electrons. The highest BCUT2D eigenvalue weighted by atomic mass is 16.2. The van der Waals surface area contributed by atoms with Gasteiger partial charge >= 0.3 is 0 Å². The molecule has 1 unspecified atom stereocenters. The van der Waals surface area contributed by atoms with Crippen LogP contribution in [0.3, 0.4) is 0 Å². The molecule has 0 radical (unpaired) electrons. The highest BCUT2D eigenvalue weighted by molar-refractivity contribution is 5.76. The number of piperazine rings is 1. The van der Waals surface area contributed by atoms with Crippen LogP contribution >= 0.6 is 0 Å². The molecule has 1 amide bonds. The Morgan fingerprint density at radius 2 is 1.68 bits per heavy atom. The van der Waals surface area contributed by atoms with Crippen molar-refractivity contribution < 1.29 is 4.79 Å². The minimum Gasteiger partial charge on any atom is -0.342 e. The zero-order valence-corrected chi connectivity index (χ0v) is 14.3. The average molecular weight is 307 g/mol. The summed E-state index contributed by atoms with van der Waals surface area (Å²) in [6, 6.07) is 0. The van der Waals surface area contributed by atoms with Gasteiger partial charge in [0, 0.05) is 52.2 Å². The molecule has 3 rings (SSSR count). The van der Waals surface area contributed by atoms with Crippen molar-refractivity contribution in [2.45, 2.75) is 45.4 Å². The van der Waals surface area contributed by atoms with Gasteiger partial charge in [-0.3, -0.25) is 4.79 Å². The van der Waals surface area contributed by atoms with Crippen LogP contribution in [-0.2, 0) is 4.79 Å². The fourth-order valence-corrected chi connectivity index (χ4v) is 4.19. The lowest BCUT2D eigenvalue weighted by Crippen LogP contribution is -2.47. The maximum Gasteiger partial charge on any atom is 0.223 e. The Morgan fingerprint density at radius 1 is 0.955 bits per heavy atom. The van der Waals surface area contributed by atoms with Gasteiger partial charge in [-0.25, -0.2) is 0 Å². The van der Waals surface area contributed by atoms with Gasteiger partial charge in [0.15, 0.2) is 0 Å². The highest BCUT2D eigenvalue weighted by Gasteiger charge is 2.30. The number of nitrogens with zero attached hydrogens (tertiary/aromatic N) is 3. The normalized spacial score (nSPS) is 28.0. The van der Waals surface area contributed by atoms with E-state index in [4.69, 9.17) is 0 Å². The molecule has 1 saturated carbocycles. The third-order valence-electron chi connectivity index (χ3n) is 6.08. The van der Waals surface area contributed by atoms with Gasteiger partial charge in [-0.15, -0.1) is 0 Å². The van der Waals surface area contributed by atoms with E-state index in [1.165, 1.54) is 32.1 Å². The second-order valence-corrected chi connectivity index (χ2v) is 7.55. The number of hydrogen-bond donors (Lipinski definition) is 0. The van der Waals surface area contributed by atoms with E-state index in [0.717, 1.165) is 70.6 Å². The number of carbonyl (C=O) groups is 1. The molecule has 0 aromatic rings.